The highest BCUT2D eigenvalue weighted by atomic mass is 16.5. The number of carbonyl (C=O) groups excluding carboxylic acids is 1. The smallest absolute Gasteiger partial charge is 0.330 e. The molecule has 0 amide bonds. The summed E-state index contributed by atoms with van der Waals surface area (Å²) in [5.74, 6) is 0.714. The van der Waals surface area contributed by atoms with Crippen LogP contribution in [0.1, 0.15) is 57.9 Å². The Bertz CT molecular complexity index is 448. The zero-order chi connectivity index (χ0) is 16.8. The van der Waals surface area contributed by atoms with Gasteiger partial charge in [0.2, 0.25) is 0 Å². The molecule has 23 heavy (non-hydrogen) atoms. The molecule has 0 spiro atoms. The van der Waals surface area contributed by atoms with Crippen molar-refractivity contribution in [2.45, 2.75) is 58.8 Å². The fourth-order valence-corrected chi connectivity index (χ4v) is 2.32. The Hall–Kier alpha value is -1.77. The van der Waals surface area contributed by atoms with Crippen molar-refractivity contribution < 1.29 is 14.3 Å². The Labute approximate surface area is 140 Å². The summed E-state index contributed by atoms with van der Waals surface area (Å²) in [4.78, 5) is 11.1. The van der Waals surface area contributed by atoms with Crippen molar-refractivity contribution >= 4 is 5.97 Å². The molecule has 1 aromatic rings. The van der Waals surface area contributed by atoms with E-state index in [1.54, 1.807) is 6.08 Å². The van der Waals surface area contributed by atoms with E-state index in [0.717, 1.165) is 50.9 Å². The molecule has 3 nitrogen and oxygen atoms in total. The monoisotopic (exact) mass is 318 g/mol. The lowest BCUT2D eigenvalue weighted by Crippen LogP contribution is -2.02. The largest absolute Gasteiger partial charge is 0.494 e. The minimum absolute atomic E-state index is 0.245. The van der Waals surface area contributed by atoms with Gasteiger partial charge in [-0.05, 0) is 43.9 Å². The van der Waals surface area contributed by atoms with Gasteiger partial charge in [-0.25, -0.2) is 4.79 Å². The van der Waals surface area contributed by atoms with Gasteiger partial charge < -0.3 is 9.47 Å². The standard InChI is InChI=1S/C20H30O3/c1-3-10-18-12-14-19(15-13-18)22-16-8-6-5-7-9-17-23-20(21)11-4-2/h4,11-15H,3,5-10,16-17H2,1-2H3. The first kappa shape index (κ1) is 19.3. The summed E-state index contributed by atoms with van der Waals surface area (Å²) in [7, 11) is 0. The van der Waals surface area contributed by atoms with Gasteiger partial charge in [-0.1, -0.05) is 50.8 Å². The number of carbonyl (C=O) groups is 1. The second-order valence-electron chi connectivity index (χ2n) is 5.68. The van der Waals surface area contributed by atoms with Gasteiger partial charge in [-0.3, -0.25) is 0 Å². The second kappa shape index (κ2) is 12.7. The predicted molar refractivity (Wildman–Crippen MR) is 94.8 cm³/mol. The van der Waals surface area contributed by atoms with Crippen LogP contribution in [0.15, 0.2) is 36.4 Å². The Morgan fingerprint density at radius 1 is 1.00 bits per heavy atom. The maximum atomic E-state index is 11.1. The number of ether oxygens (including phenoxy) is 2. The maximum absolute atomic E-state index is 11.1. The van der Waals surface area contributed by atoms with E-state index in [9.17, 15) is 4.79 Å². The lowest BCUT2D eigenvalue weighted by atomic mass is 10.1. The Kier molecular flexibility index (Phi) is 10.7. The molecule has 1 aromatic carbocycles. The highest BCUT2D eigenvalue weighted by molar-refractivity contribution is 5.81. The summed E-state index contributed by atoms with van der Waals surface area (Å²) in [6.45, 7) is 5.28. The van der Waals surface area contributed by atoms with Gasteiger partial charge in [0.25, 0.3) is 0 Å². The highest BCUT2D eigenvalue weighted by Gasteiger charge is 1.98. The lowest BCUT2D eigenvalue weighted by molar-refractivity contribution is -0.137. The molecule has 0 aliphatic carbocycles. The van der Waals surface area contributed by atoms with Crippen LogP contribution in [0.25, 0.3) is 0 Å². The van der Waals surface area contributed by atoms with E-state index in [-0.39, 0.29) is 5.97 Å². The third kappa shape index (κ3) is 9.77. The number of rotatable bonds is 12. The van der Waals surface area contributed by atoms with Crippen molar-refractivity contribution in [1.82, 2.24) is 0 Å². The molecule has 0 atom stereocenters. The van der Waals surface area contributed by atoms with Crippen LogP contribution >= 0.6 is 0 Å². The fraction of sp³-hybridized carbons (Fsp3) is 0.550. The molecule has 0 saturated carbocycles. The minimum atomic E-state index is -0.245. The number of hydrogen-bond acceptors (Lipinski definition) is 3. The first-order valence-corrected chi connectivity index (χ1v) is 8.77. The normalized spacial score (nSPS) is 10.9. The molecular weight excluding hydrogens is 288 g/mol. The van der Waals surface area contributed by atoms with Gasteiger partial charge in [0.15, 0.2) is 0 Å². The molecular formula is C20H30O3. The quantitative estimate of drug-likeness (QED) is 0.306. The maximum Gasteiger partial charge on any atom is 0.330 e. The van der Waals surface area contributed by atoms with Crippen molar-refractivity contribution in [2.24, 2.45) is 0 Å². The zero-order valence-electron chi connectivity index (χ0n) is 14.6. The Morgan fingerprint density at radius 3 is 2.30 bits per heavy atom. The number of unbranched alkanes of at least 4 members (excludes halogenated alkanes) is 4. The minimum Gasteiger partial charge on any atom is -0.494 e. The Balaban J connectivity index is 1.96. The van der Waals surface area contributed by atoms with Gasteiger partial charge in [-0.15, -0.1) is 0 Å². The van der Waals surface area contributed by atoms with Crippen LogP contribution in [-0.4, -0.2) is 19.2 Å². The molecule has 0 aliphatic heterocycles. The topological polar surface area (TPSA) is 35.5 Å². The first-order valence-electron chi connectivity index (χ1n) is 8.77. The average Bonchev–Trinajstić information content (AvgIpc) is 2.55. The molecule has 0 aromatic heterocycles. The van der Waals surface area contributed by atoms with Crippen molar-refractivity contribution in [1.29, 1.82) is 0 Å². The van der Waals surface area contributed by atoms with Crippen LogP contribution in [0.3, 0.4) is 0 Å². The summed E-state index contributed by atoms with van der Waals surface area (Å²) in [6.07, 6.45) is 10.8. The SMILES string of the molecule is CC=CC(=O)OCCCCCCCOc1ccc(CCC)cc1. The second-order valence-corrected chi connectivity index (χ2v) is 5.68. The molecule has 0 radical (unpaired) electrons. The summed E-state index contributed by atoms with van der Waals surface area (Å²) in [6, 6.07) is 8.41. The molecule has 128 valence electrons. The highest BCUT2D eigenvalue weighted by Crippen LogP contribution is 2.14. The van der Waals surface area contributed by atoms with Crippen molar-refractivity contribution in [3.63, 3.8) is 0 Å². The summed E-state index contributed by atoms with van der Waals surface area (Å²) in [5, 5.41) is 0. The van der Waals surface area contributed by atoms with Crippen LogP contribution in [0.5, 0.6) is 5.75 Å². The molecule has 0 bridgehead atoms. The van der Waals surface area contributed by atoms with Gasteiger partial charge >= 0.3 is 5.97 Å². The summed E-state index contributed by atoms with van der Waals surface area (Å²) >= 11 is 0. The molecule has 3 heteroatoms. The fourth-order valence-electron chi connectivity index (χ4n) is 2.32. The predicted octanol–water partition coefficient (Wildman–Crippen LogP) is 5.09. The van der Waals surface area contributed by atoms with Crippen LogP contribution in [-0.2, 0) is 16.0 Å². The van der Waals surface area contributed by atoms with E-state index >= 15 is 0 Å². The molecule has 0 heterocycles. The number of benzene rings is 1. The number of allylic oxidation sites excluding steroid dienone is 1. The van der Waals surface area contributed by atoms with Crippen LogP contribution in [0.2, 0.25) is 0 Å². The molecule has 0 saturated heterocycles. The third-order valence-electron chi connectivity index (χ3n) is 3.57. The van der Waals surface area contributed by atoms with E-state index in [2.05, 4.69) is 31.2 Å². The Morgan fingerprint density at radius 2 is 1.65 bits per heavy atom. The van der Waals surface area contributed by atoms with Crippen LogP contribution < -0.4 is 4.74 Å². The van der Waals surface area contributed by atoms with Gasteiger partial charge in [0.05, 0.1) is 13.2 Å². The summed E-state index contributed by atoms with van der Waals surface area (Å²) in [5.41, 5.74) is 1.37. The van der Waals surface area contributed by atoms with E-state index < -0.39 is 0 Å². The molecule has 0 aliphatic rings. The molecule has 1 rings (SSSR count). The van der Waals surface area contributed by atoms with Crippen molar-refractivity contribution in [3.05, 3.63) is 42.0 Å². The number of hydrogen-bond donors (Lipinski definition) is 0. The van der Waals surface area contributed by atoms with E-state index in [4.69, 9.17) is 9.47 Å². The zero-order valence-corrected chi connectivity index (χ0v) is 14.6. The number of esters is 1. The lowest BCUT2D eigenvalue weighted by Gasteiger charge is -2.07. The van der Waals surface area contributed by atoms with Crippen LogP contribution in [0.4, 0.5) is 0 Å². The molecule has 0 fully saturated rings. The van der Waals surface area contributed by atoms with Crippen LogP contribution in [0, 0.1) is 0 Å². The van der Waals surface area contributed by atoms with E-state index in [0.29, 0.717) is 6.61 Å². The van der Waals surface area contributed by atoms with Gasteiger partial charge in [0.1, 0.15) is 5.75 Å². The first-order chi connectivity index (χ1) is 11.3. The molecule has 0 N–H and O–H groups in total. The molecule has 0 unspecified atom stereocenters. The van der Waals surface area contributed by atoms with E-state index in [1.807, 2.05) is 6.92 Å². The van der Waals surface area contributed by atoms with Gasteiger partial charge in [-0.2, -0.15) is 0 Å². The number of aryl methyl sites for hydroxylation is 1. The van der Waals surface area contributed by atoms with Gasteiger partial charge in [0, 0.05) is 6.08 Å². The third-order valence-corrected chi connectivity index (χ3v) is 3.57. The summed E-state index contributed by atoms with van der Waals surface area (Å²) < 4.78 is 10.8. The van der Waals surface area contributed by atoms with Crippen molar-refractivity contribution in [3.8, 4) is 5.75 Å². The van der Waals surface area contributed by atoms with E-state index in [1.165, 1.54) is 18.1 Å². The van der Waals surface area contributed by atoms with Crippen molar-refractivity contribution in [2.75, 3.05) is 13.2 Å². The average molecular weight is 318 g/mol.